The highest BCUT2D eigenvalue weighted by atomic mass is 16.6. The van der Waals surface area contributed by atoms with Crippen molar-refractivity contribution in [3.05, 3.63) is 63.7 Å². The lowest BCUT2D eigenvalue weighted by molar-refractivity contribution is -0.483. The minimum atomic E-state index is -0.328. The number of fused-ring (bicyclic) bond motifs is 1. The average molecular weight is 328 g/mol. The maximum atomic E-state index is 11.3. The molecule has 1 aliphatic heterocycles. The number of para-hydroxylation sites is 1. The van der Waals surface area contributed by atoms with Gasteiger partial charge in [0.15, 0.2) is 11.5 Å². The molecular formula is C18H20N2O4. The van der Waals surface area contributed by atoms with Crippen LogP contribution in [0.5, 0.6) is 11.5 Å². The van der Waals surface area contributed by atoms with Gasteiger partial charge in [0.25, 0.3) is 0 Å². The summed E-state index contributed by atoms with van der Waals surface area (Å²) in [6, 6.07) is 13.3. The van der Waals surface area contributed by atoms with Crippen LogP contribution in [-0.2, 0) is 6.42 Å². The molecule has 0 radical (unpaired) electrons. The first-order valence-electron chi connectivity index (χ1n) is 7.82. The maximum absolute atomic E-state index is 11.3. The number of hydrogen-bond acceptors (Lipinski definition) is 5. The van der Waals surface area contributed by atoms with Crippen molar-refractivity contribution >= 4 is 5.69 Å². The fraction of sp³-hybridized carbons (Fsp3) is 0.333. The highest BCUT2D eigenvalue weighted by Crippen LogP contribution is 2.39. The fourth-order valence-electron chi connectivity index (χ4n) is 3.29. The largest absolute Gasteiger partial charge is 0.493 e. The van der Waals surface area contributed by atoms with Gasteiger partial charge in [-0.25, -0.2) is 0 Å². The molecule has 6 heteroatoms. The van der Waals surface area contributed by atoms with E-state index in [9.17, 15) is 10.1 Å². The van der Waals surface area contributed by atoms with Gasteiger partial charge in [0.1, 0.15) is 6.04 Å². The molecule has 0 bridgehead atoms. The van der Waals surface area contributed by atoms with Crippen LogP contribution >= 0.6 is 0 Å². The SMILES string of the molecule is COc1cc2c(cc1OC)[C@H](C[N+](=O)[O-])N(c1ccccc1)CC2. The second kappa shape index (κ2) is 6.78. The zero-order valence-corrected chi connectivity index (χ0v) is 13.8. The third-order valence-electron chi connectivity index (χ3n) is 4.41. The first-order chi connectivity index (χ1) is 11.6. The summed E-state index contributed by atoms with van der Waals surface area (Å²) in [5.41, 5.74) is 3.00. The van der Waals surface area contributed by atoms with E-state index >= 15 is 0 Å². The van der Waals surface area contributed by atoms with E-state index in [2.05, 4.69) is 4.90 Å². The van der Waals surface area contributed by atoms with Crippen LogP contribution in [0.2, 0.25) is 0 Å². The third kappa shape index (κ3) is 2.99. The zero-order chi connectivity index (χ0) is 17.1. The molecular weight excluding hydrogens is 308 g/mol. The molecule has 0 aliphatic carbocycles. The van der Waals surface area contributed by atoms with Crippen molar-refractivity contribution in [2.45, 2.75) is 12.5 Å². The molecule has 2 aromatic carbocycles. The van der Waals surface area contributed by atoms with Crippen LogP contribution in [0, 0.1) is 10.1 Å². The van der Waals surface area contributed by atoms with Crippen LogP contribution in [0.15, 0.2) is 42.5 Å². The Balaban J connectivity index is 2.07. The Labute approximate surface area is 140 Å². The Kier molecular flexibility index (Phi) is 4.55. The van der Waals surface area contributed by atoms with Gasteiger partial charge in [0.05, 0.1) is 14.2 Å². The van der Waals surface area contributed by atoms with E-state index in [1.54, 1.807) is 14.2 Å². The third-order valence-corrected chi connectivity index (χ3v) is 4.41. The Hall–Kier alpha value is -2.76. The van der Waals surface area contributed by atoms with E-state index in [1.807, 2.05) is 42.5 Å². The van der Waals surface area contributed by atoms with Crippen LogP contribution in [0.1, 0.15) is 17.2 Å². The predicted molar refractivity (Wildman–Crippen MR) is 91.6 cm³/mol. The fourth-order valence-corrected chi connectivity index (χ4v) is 3.29. The Morgan fingerprint density at radius 3 is 2.46 bits per heavy atom. The Morgan fingerprint density at radius 2 is 1.83 bits per heavy atom. The van der Waals surface area contributed by atoms with Gasteiger partial charge in [-0.2, -0.15) is 0 Å². The predicted octanol–water partition coefficient (Wildman–Crippen LogP) is 3.08. The van der Waals surface area contributed by atoms with Crippen molar-refractivity contribution < 1.29 is 14.4 Å². The summed E-state index contributed by atoms with van der Waals surface area (Å²) in [6.45, 7) is 0.572. The first kappa shape index (κ1) is 16.1. The number of ether oxygens (including phenoxy) is 2. The van der Waals surface area contributed by atoms with Gasteiger partial charge in [-0.3, -0.25) is 10.1 Å². The monoisotopic (exact) mass is 328 g/mol. The number of nitrogens with zero attached hydrogens (tertiary/aromatic N) is 2. The quantitative estimate of drug-likeness (QED) is 0.623. The van der Waals surface area contributed by atoms with E-state index in [-0.39, 0.29) is 17.5 Å². The van der Waals surface area contributed by atoms with Gasteiger partial charge in [-0.05, 0) is 41.8 Å². The van der Waals surface area contributed by atoms with Crippen LogP contribution in [0.25, 0.3) is 0 Å². The van der Waals surface area contributed by atoms with Crippen molar-refractivity contribution in [2.75, 3.05) is 32.2 Å². The number of rotatable bonds is 5. The smallest absolute Gasteiger partial charge is 0.228 e. The van der Waals surface area contributed by atoms with Crippen molar-refractivity contribution in [1.82, 2.24) is 0 Å². The van der Waals surface area contributed by atoms with Crippen molar-refractivity contribution in [1.29, 1.82) is 0 Å². The summed E-state index contributed by atoms with van der Waals surface area (Å²) in [6.07, 6.45) is 0.804. The second-order valence-corrected chi connectivity index (χ2v) is 5.72. The zero-order valence-electron chi connectivity index (χ0n) is 13.8. The van der Waals surface area contributed by atoms with Gasteiger partial charge in [-0.15, -0.1) is 0 Å². The minimum absolute atomic E-state index is 0.155. The molecule has 0 saturated heterocycles. The van der Waals surface area contributed by atoms with Crippen molar-refractivity contribution in [2.24, 2.45) is 0 Å². The van der Waals surface area contributed by atoms with E-state index in [0.717, 1.165) is 29.8 Å². The lowest BCUT2D eigenvalue weighted by Crippen LogP contribution is -2.39. The molecule has 3 rings (SSSR count). The molecule has 0 spiro atoms. The highest BCUT2D eigenvalue weighted by Gasteiger charge is 2.32. The summed E-state index contributed by atoms with van der Waals surface area (Å²) >= 11 is 0. The van der Waals surface area contributed by atoms with Gasteiger partial charge in [0.2, 0.25) is 6.54 Å². The summed E-state index contributed by atoms with van der Waals surface area (Å²) in [4.78, 5) is 13.1. The molecule has 0 saturated carbocycles. The number of hydrogen-bond donors (Lipinski definition) is 0. The molecule has 6 nitrogen and oxygen atoms in total. The molecule has 24 heavy (non-hydrogen) atoms. The standard InChI is InChI=1S/C18H20N2O4/c1-23-17-10-13-8-9-19(14-6-4-3-5-7-14)16(12-20(21)22)15(13)11-18(17)24-2/h3-7,10-11,16H,8-9,12H2,1-2H3/t16-/m0/s1. The van der Waals surface area contributed by atoms with E-state index in [0.29, 0.717) is 11.5 Å². The van der Waals surface area contributed by atoms with Gasteiger partial charge >= 0.3 is 0 Å². The van der Waals surface area contributed by atoms with Gasteiger partial charge in [-0.1, -0.05) is 18.2 Å². The molecule has 2 aromatic rings. The van der Waals surface area contributed by atoms with Gasteiger partial charge < -0.3 is 14.4 Å². The molecule has 126 valence electrons. The molecule has 0 fully saturated rings. The lowest BCUT2D eigenvalue weighted by atomic mass is 9.91. The number of benzene rings is 2. The summed E-state index contributed by atoms with van der Waals surface area (Å²) in [5.74, 6) is 1.25. The second-order valence-electron chi connectivity index (χ2n) is 5.72. The lowest BCUT2D eigenvalue weighted by Gasteiger charge is -2.37. The maximum Gasteiger partial charge on any atom is 0.228 e. The summed E-state index contributed by atoms with van der Waals surface area (Å²) < 4.78 is 10.7. The molecule has 1 heterocycles. The summed E-state index contributed by atoms with van der Waals surface area (Å²) in [5, 5.41) is 11.3. The first-order valence-corrected chi connectivity index (χ1v) is 7.82. The van der Waals surface area contributed by atoms with E-state index in [4.69, 9.17) is 9.47 Å². The Morgan fingerprint density at radius 1 is 1.17 bits per heavy atom. The molecule has 0 unspecified atom stereocenters. The van der Waals surface area contributed by atoms with Crippen LogP contribution in [-0.4, -0.2) is 32.2 Å². The molecule has 0 N–H and O–H groups in total. The minimum Gasteiger partial charge on any atom is -0.493 e. The Bertz CT molecular complexity index is 733. The highest BCUT2D eigenvalue weighted by molar-refractivity contribution is 5.56. The number of methoxy groups -OCH3 is 2. The molecule has 1 aliphatic rings. The number of nitro groups is 1. The molecule has 0 aromatic heterocycles. The average Bonchev–Trinajstić information content (AvgIpc) is 2.61. The molecule has 0 amide bonds. The van der Waals surface area contributed by atoms with Crippen molar-refractivity contribution in [3.8, 4) is 11.5 Å². The molecule has 1 atom stereocenters. The van der Waals surface area contributed by atoms with Crippen LogP contribution in [0.4, 0.5) is 5.69 Å². The summed E-state index contributed by atoms with van der Waals surface area (Å²) in [7, 11) is 3.17. The number of anilines is 1. The van der Waals surface area contributed by atoms with Gasteiger partial charge in [0, 0.05) is 17.2 Å². The van der Waals surface area contributed by atoms with Crippen molar-refractivity contribution in [3.63, 3.8) is 0 Å². The van der Waals surface area contributed by atoms with Crippen LogP contribution < -0.4 is 14.4 Å². The van der Waals surface area contributed by atoms with E-state index < -0.39 is 0 Å². The van der Waals surface area contributed by atoms with Crippen LogP contribution in [0.3, 0.4) is 0 Å². The van der Waals surface area contributed by atoms with E-state index in [1.165, 1.54) is 0 Å². The topological polar surface area (TPSA) is 64.8 Å². The normalized spacial score (nSPS) is 16.4.